The molecule has 0 bridgehead atoms. The van der Waals surface area contributed by atoms with Gasteiger partial charge in [-0.1, -0.05) is 83.5 Å². The van der Waals surface area contributed by atoms with Crippen molar-refractivity contribution < 1.29 is 17.3 Å². The Morgan fingerprint density at radius 2 is 1.03 bits per heavy atom. The Labute approximate surface area is 217 Å². The standard InChI is InChI=1S/C28H52P2.BF4/c1-5-15-25(16-6-1)29-28(21-11-4-12-22-28)23-13-14-24-30(26-17-7-2-8-18-26)27-19-9-3-10-20-27;2-1(3,4)5/h25-27,29H,1-24H2;/q;-1. The fourth-order valence-electron chi connectivity index (χ4n) is 7.62. The van der Waals surface area contributed by atoms with Gasteiger partial charge in [0.15, 0.2) is 0 Å². The van der Waals surface area contributed by atoms with Crippen LogP contribution in [0.2, 0.25) is 0 Å². The minimum absolute atomic E-state index is 0.343. The van der Waals surface area contributed by atoms with E-state index < -0.39 is 7.25 Å². The molecule has 0 aromatic rings. The fraction of sp³-hybridized carbons (Fsp3) is 1.00. The molecule has 4 aliphatic rings. The van der Waals surface area contributed by atoms with Crippen LogP contribution in [0.3, 0.4) is 0 Å². The Morgan fingerprint density at radius 3 is 1.51 bits per heavy atom. The maximum atomic E-state index is 9.75. The summed E-state index contributed by atoms with van der Waals surface area (Å²) >= 11 is 0. The highest BCUT2D eigenvalue weighted by Gasteiger charge is 2.35. The molecule has 4 aliphatic carbocycles. The van der Waals surface area contributed by atoms with Crippen LogP contribution in [0, 0.1) is 0 Å². The van der Waals surface area contributed by atoms with Gasteiger partial charge in [0.05, 0.1) is 0 Å². The van der Waals surface area contributed by atoms with Crippen LogP contribution < -0.4 is 0 Å². The molecule has 4 rings (SSSR count). The summed E-state index contributed by atoms with van der Waals surface area (Å²) in [4.78, 5) is 0. The average molecular weight is 537 g/mol. The van der Waals surface area contributed by atoms with Gasteiger partial charge in [0.25, 0.3) is 0 Å². The SMILES string of the molecule is C1CCC(PC2(CCCCP(C3CCCCC3)C3CCCCC3)CCCCC2)CC1.F[B-](F)(F)F. The van der Waals surface area contributed by atoms with E-state index in [0.717, 1.165) is 10.8 Å². The first-order valence-corrected chi connectivity index (χ1v) is 18.0. The molecule has 0 spiro atoms. The second-order valence-corrected chi connectivity index (χ2v) is 17.2. The molecule has 35 heavy (non-hydrogen) atoms. The molecule has 0 amide bonds. The molecule has 4 saturated carbocycles. The van der Waals surface area contributed by atoms with Crippen molar-refractivity contribution >= 4 is 23.8 Å². The lowest BCUT2D eigenvalue weighted by molar-refractivity contribution is 0.361. The summed E-state index contributed by atoms with van der Waals surface area (Å²) in [6.45, 7) is 0. The van der Waals surface area contributed by atoms with Crippen molar-refractivity contribution in [2.24, 2.45) is 0 Å². The number of unbranched alkanes of at least 4 members (excludes halogenated alkanes) is 1. The second kappa shape index (κ2) is 15.9. The highest BCUT2D eigenvalue weighted by molar-refractivity contribution is 7.59. The van der Waals surface area contributed by atoms with Gasteiger partial charge in [-0.3, -0.25) is 0 Å². The fourth-order valence-corrected chi connectivity index (χ4v) is 14.1. The summed E-state index contributed by atoms with van der Waals surface area (Å²) in [7, 11) is -4.34. The molecule has 1 atom stereocenters. The van der Waals surface area contributed by atoms with Crippen molar-refractivity contribution in [3.8, 4) is 0 Å². The summed E-state index contributed by atoms with van der Waals surface area (Å²) < 4.78 is 39.0. The summed E-state index contributed by atoms with van der Waals surface area (Å²) in [6, 6.07) is 0. The predicted octanol–water partition coefficient (Wildman–Crippen LogP) is 11.3. The van der Waals surface area contributed by atoms with Gasteiger partial charge in [-0.15, -0.1) is 16.5 Å². The highest BCUT2D eigenvalue weighted by atomic mass is 31.1. The molecular weight excluding hydrogens is 485 g/mol. The van der Waals surface area contributed by atoms with E-state index in [9.17, 15) is 17.3 Å². The summed E-state index contributed by atoms with van der Waals surface area (Å²) in [5.74, 6) is 0. The number of rotatable bonds is 9. The predicted molar refractivity (Wildman–Crippen MR) is 151 cm³/mol. The third-order valence-electron chi connectivity index (χ3n) is 9.34. The summed E-state index contributed by atoms with van der Waals surface area (Å²) in [5, 5.41) is 0.804. The zero-order valence-electron chi connectivity index (χ0n) is 22.2. The van der Waals surface area contributed by atoms with Gasteiger partial charge in [0, 0.05) is 0 Å². The lowest BCUT2D eigenvalue weighted by atomic mass is 9.84. The van der Waals surface area contributed by atoms with Crippen molar-refractivity contribution in [3.05, 3.63) is 0 Å². The minimum atomic E-state index is -6.00. The Kier molecular flexibility index (Phi) is 13.7. The lowest BCUT2D eigenvalue weighted by Crippen LogP contribution is -2.29. The largest absolute Gasteiger partial charge is 0.673 e. The van der Waals surface area contributed by atoms with E-state index >= 15 is 0 Å². The van der Waals surface area contributed by atoms with Crippen molar-refractivity contribution in [1.82, 2.24) is 0 Å². The zero-order valence-corrected chi connectivity index (χ0v) is 24.1. The smallest absolute Gasteiger partial charge is 0.418 e. The van der Waals surface area contributed by atoms with Crippen LogP contribution >= 0.6 is 16.5 Å². The first-order valence-electron chi connectivity index (χ1n) is 15.3. The van der Waals surface area contributed by atoms with Gasteiger partial charge in [0.2, 0.25) is 0 Å². The molecule has 4 fully saturated rings. The van der Waals surface area contributed by atoms with E-state index in [1.54, 1.807) is 128 Å². The van der Waals surface area contributed by atoms with Gasteiger partial charge in [0.1, 0.15) is 0 Å². The molecular formula is C28H52BF4P2-. The Hall–Kier alpha value is 0.645. The zero-order chi connectivity index (χ0) is 25.0. The van der Waals surface area contributed by atoms with E-state index in [0.29, 0.717) is 7.92 Å². The minimum Gasteiger partial charge on any atom is -0.418 e. The molecule has 0 radical (unpaired) electrons. The van der Waals surface area contributed by atoms with Crippen LogP contribution in [0.5, 0.6) is 0 Å². The molecule has 0 aliphatic heterocycles. The van der Waals surface area contributed by atoms with Crippen molar-refractivity contribution in [2.75, 3.05) is 6.16 Å². The summed E-state index contributed by atoms with van der Waals surface area (Å²) in [5.41, 5.74) is 3.47. The van der Waals surface area contributed by atoms with Gasteiger partial charge in [-0.05, 0) is 92.5 Å². The van der Waals surface area contributed by atoms with Gasteiger partial charge < -0.3 is 17.3 Å². The molecule has 7 heteroatoms. The van der Waals surface area contributed by atoms with E-state index in [2.05, 4.69) is 0 Å². The molecule has 0 N–H and O–H groups in total. The van der Waals surface area contributed by atoms with Crippen molar-refractivity contribution in [2.45, 2.75) is 170 Å². The van der Waals surface area contributed by atoms with Gasteiger partial charge in [-0.25, -0.2) is 0 Å². The van der Waals surface area contributed by atoms with Crippen molar-refractivity contribution in [1.29, 1.82) is 0 Å². The number of hydrogen-bond acceptors (Lipinski definition) is 0. The first-order chi connectivity index (χ1) is 16.8. The third kappa shape index (κ3) is 11.9. The van der Waals surface area contributed by atoms with E-state index in [1.807, 2.05) is 0 Å². The summed E-state index contributed by atoms with van der Waals surface area (Å²) in [6.07, 6.45) is 37.8. The quantitative estimate of drug-likeness (QED) is 0.119. The molecule has 0 saturated heterocycles. The molecule has 1 unspecified atom stereocenters. The molecule has 0 aromatic carbocycles. The van der Waals surface area contributed by atoms with Crippen LogP contribution in [0.4, 0.5) is 17.3 Å². The normalized spacial score (nSPS) is 25.6. The monoisotopic (exact) mass is 537 g/mol. The topological polar surface area (TPSA) is 0 Å². The Morgan fingerprint density at radius 1 is 0.600 bits per heavy atom. The average Bonchev–Trinajstić information content (AvgIpc) is 2.85. The molecule has 206 valence electrons. The van der Waals surface area contributed by atoms with Crippen LogP contribution in [0.25, 0.3) is 0 Å². The Balaban J connectivity index is 0.000000623. The molecule has 0 aromatic heterocycles. The van der Waals surface area contributed by atoms with E-state index in [-0.39, 0.29) is 0 Å². The highest BCUT2D eigenvalue weighted by Crippen LogP contribution is 2.57. The van der Waals surface area contributed by atoms with E-state index in [1.165, 1.54) is 45.6 Å². The molecule has 0 heterocycles. The van der Waals surface area contributed by atoms with Crippen molar-refractivity contribution in [3.63, 3.8) is 0 Å². The first kappa shape index (κ1) is 30.2. The van der Waals surface area contributed by atoms with Crippen LogP contribution in [0.1, 0.15) is 148 Å². The van der Waals surface area contributed by atoms with Gasteiger partial charge >= 0.3 is 7.25 Å². The van der Waals surface area contributed by atoms with Crippen LogP contribution in [0.15, 0.2) is 0 Å². The molecule has 0 nitrogen and oxygen atoms in total. The number of halogens is 4. The van der Waals surface area contributed by atoms with Gasteiger partial charge in [-0.2, -0.15) is 0 Å². The van der Waals surface area contributed by atoms with E-state index in [4.69, 9.17) is 0 Å². The van der Waals surface area contributed by atoms with Crippen LogP contribution in [-0.4, -0.2) is 35.5 Å². The second-order valence-electron chi connectivity index (χ2n) is 12.1. The maximum Gasteiger partial charge on any atom is 0.673 e. The third-order valence-corrected chi connectivity index (χ3v) is 15.4. The Bertz CT molecular complexity index is 526. The van der Waals surface area contributed by atoms with Crippen LogP contribution in [-0.2, 0) is 0 Å². The lowest BCUT2D eigenvalue weighted by Gasteiger charge is -2.42. The maximum absolute atomic E-state index is 9.75. The number of hydrogen-bond donors (Lipinski definition) is 0.